The Kier molecular flexibility index (Phi) is 10.4. The van der Waals surface area contributed by atoms with Crippen molar-refractivity contribution < 1.29 is 19.1 Å². The number of Topliss-reactive ketones (excluding diaryl/α,β-unsaturated/α-hetero) is 1. The molecule has 0 saturated carbocycles. The SMILES string of the molecule is COc1ccc(CCCC(=O)[C@@H](Cc2ccccc2)N=C(N)NC(=O)CC(C)C)cc1OC. The number of ether oxygens (including phenoxy) is 2. The summed E-state index contributed by atoms with van der Waals surface area (Å²) in [4.78, 5) is 29.4. The van der Waals surface area contributed by atoms with E-state index < -0.39 is 6.04 Å². The fourth-order valence-electron chi connectivity index (χ4n) is 3.50. The number of nitrogens with one attached hydrogen (secondary N) is 1. The van der Waals surface area contributed by atoms with Crippen LogP contribution in [0, 0.1) is 5.92 Å². The molecule has 0 aliphatic carbocycles. The fourth-order valence-corrected chi connectivity index (χ4v) is 3.50. The summed E-state index contributed by atoms with van der Waals surface area (Å²) in [5.41, 5.74) is 8.01. The van der Waals surface area contributed by atoms with Crippen LogP contribution in [0.4, 0.5) is 0 Å². The highest BCUT2D eigenvalue weighted by molar-refractivity contribution is 5.97. The lowest BCUT2D eigenvalue weighted by molar-refractivity contribution is -0.121. The molecule has 3 N–H and O–H groups in total. The van der Waals surface area contributed by atoms with Gasteiger partial charge in [-0.2, -0.15) is 0 Å². The molecule has 0 aliphatic rings. The second-order valence-electron chi connectivity index (χ2n) is 8.38. The van der Waals surface area contributed by atoms with Crippen LogP contribution in [0.1, 0.15) is 44.2 Å². The van der Waals surface area contributed by atoms with Crippen LogP contribution in [-0.2, 0) is 22.4 Å². The van der Waals surface area contributed by atoms with Gasteiger partial charge in [-0.25, -0.2) is 4.99 Å². The minimum absolute atomic E-state index is 0.0135. The number of nitrogens with two attached hydrogens (primary N) is 1. The van der Waals surface area contributed by atoms with E-state index in [-0.39, 0.29) is 23.6 Å². The molecule has 7 heteroatoms. The molecule has 0 fully saturated rings. The highest BCUT2D eigenvalue weighted by Gasteiger charge is 2.19. The number of carbonyl (C=O) groups is 2. The van der Waals surface area contributed by atoms with E-state index in [1.54, 1.807) is 14.2 Å². The van der Waals surface area contributed by atoms with Crippen LogP contribution in [0.25, 0.3) is 0 Å². The van der Waals surface area contributed by atoms with Crippen molar-refractivity contribution in [2.24, 2.45) is 16.6 Å². The second-order valence-corrected chi connectivity index (χ2v) is 8.38. The molecule has 33 heavy (non-hydrogen) atoms. The van der Waals surface area contributed by atoms with Gasteiger partial charge < -0.3 is 15.2 Å². The lowest BCUT2D eigenvalue weighted by Gasteiger charge is -2.14. The molecule has 2 aromatic rings. The maximum Gasteiger partial charge on any atom is 0.226 e. The van der Waals surface area contributed by atoms with E-state index in [0.717, 1.165) is 11.1 Å². The van der Waals surface area contributed by atoms with Crippen molar-refractivity contribution in [3.63, 3.8) is 0 Å². The molecule has 0 spiro atoms. The third-order valence-electron chi connectivity index (χ3n) is 5.14. The largest absolute Gasteiger partial charge is 0.493 e. The van der Waals surface area contributed by atoms with E-state index in [2.05, 4.69) is 10.3 Å². The van der Waals surface area contributed by atoms with Gasteiger partial charge in [-0.15, -0.1) is 0 Å². The number of ketones is 1. The Bertz CT molecular complexity index is 942. The van der Waals surface area contributed by atoms with E-state index in [4.69, 9.17) is 15.2 Å². The van der Waals surface area contributed by atoms with Crippen molar-refractivity contribution in [1.29, 1.82) is 0 Å². The monoisotopic (exact) mass is 453 g/mol. The summed E-state index contributed by atoms with van der Waals surface area (Å²) in [5, 5.41) is 2.60. The maximum absolute atomic E-state index is 13.0. The molecule has 0 bridgehead atoms. The van der Waals surface area contributed by atoms with Crippen molar-refractivity contribution in [1.82, 2.24) is 5.32 Å². The van der Waals surface area contributed by atoms with Crippen molar-refractivity contribution >= 4 is 17.6 Å². The fraction of sp³-hybridized carbons (Fsp3) is 0.423. The van der Waals surface area contributed by atoms with Crippen LogP contribution in [0.3, 0.4) is 0 Å². The first kappa shape index (κ1) is 25.9. The number of guanidine groups is 1. The summed E-state index contributed by atoms with van der Waals surface area (Å²) < 4.78 is 10.6. The number of aryl methyl sites for hydroxylation is 1. The smallest absolute Gasteiger partial charge is 0.226 e. The molecular formula is C26H35N3O4. The number of nitrogens with zero attached hydrogens (tertiary/aromatic N) is 1. The first-order valence-corrected chi connectivity index (χ1v) is 11.2. The summed E-state index contributed by atoms with van der Waals surface area (Å²) in [5.74, 6) is 1.30. The number of amides is 1. The zero-order valence-electron chi connectivity index (χ0n) is 20.0. The number of methoxy groups -OCH3 is 2. The van der Waals surface area contributed by atoms with E-state index >= 15 is 0 Å². The van der Waals surface area contributed by atoms with Crippen LogP contribution < -0.4 is 20.5 Å². The van der Waals surface area contributed by atoms with Gasteiger partial charge in [0.2, 0.25) is 5.91 Å². The normalized spacial score (nSPS) is 12.3. The molecule has 0 saturated heterocycles. The van der Waals surface area contributed by atoms with Crippen molar-refractivity contribution in [2.45, 2.75) is 52.0 Å². The molecule has 0 unspecified atom stereocenters. The molecule has 1 amide bonds. The molecule has 0 aliphatic heterocycles. The minimum atomic E-state index is -0.655. The molecule has 178 valence electrons. The second kappa shape index (κ2) is 13.3. The number of hydrogen-bond donors (Lipinski definition) is 2. The number of carbonyl (C=O) groups excluding carboxylic acids is 2. The summed E-state index contributed by atoms with van der Waals surface area (Å²) in [6.07, 6.45) is 2.50. The topological polar surface area (TPSA) is 103 Å². The van der Waals surface area contributed by atoms with Crippen molar-refractivity contribution in [3.8, 4) is 11.5 Å². The third kappa shape index (κ3) is 8.96. The maximum atomic E-state index is 13.0. The van der Waals surface area contributed by atoms with Gasteiger partial charge in [0.25, 0.3) is 0 Å². The standard InChI is InChI=1S/C26H35N3O4/c1-18(2)15-25(31)29-26(27)28-21(16-19-9-6-5-7-10-19)22(30)12-8-11-20-13-14-23(32-3)24(17-20)33-4/h5-7,9-10,13-14,17-18,21H,8,11-12,15-16H2,1-4H3,(H3,27,28,29,31)/t21-/m1/s1. The number of hydrogen-bond acceptors (Lipinski definition) is 5. The first-order chi connectivity index (χ1) is 15.8. The van der Waals surface area contributed by atoms with Gasteiger partial charge in [-0.05, 0) is 42.0 Å². The lowest BCUT2D eigenvalue weighted by atomic mass is 9.98. The zero-order valence-corrected chi connectivity index (χ0v) is 20.0. The van der Waals surface area contributed by atoms with Crippen molar-refractivity contribution in [3.05, 3.63) is 59.7 Å². The van der Waals surface area contributed by atoms with Gasteiger partial charge in [0.05, 0.1) is 14.2 Å². The molecule has 1 atom stereocenters. The van der Waals surface area contributed by atoms with Gasteiger partial charge in [0, 0.05) is 19.3 Å². The lowest BCUT2D eigenvalue weighted by Crippen LogP contribution is -2.39. The summed E-state index contributed by atoms with van der Waals surface area (Å²) in [7, 11) is 3.20. The van der Waals surface area contributed by atoms with Crippen LogP contribution in [0.15, 0.2) is 53.5 Å². The molecule has 0 radical (unpaired) electrons. The number of rotatable bonds is 12. The van der Waals surface area contributed by atoms with Crippen LogP contribution in [0.5, 0.6) is 11.5 Å². The van der Waals surface area contributed by atoms with Gasteiger partial charge in [0.1, 0.15) is 6.04 Å². The Balaban J connectivity index is 2.05. The first-order valence-electron chi connectivity index (χ1n) is 11.2. The van der Waals surface area contributed by atoms with Crippen LogP contribution in [0.2, 0.25) is 0 Å². The molecule has 2 aromatic carbocycles. The third-order valence-corrected chi connectivity index (χ3v) is 5.14. The quantitative estimate of drug-likeness (QED) is 0.377. The van der Waals surface area contributed by atoms with Gasteiger partial charge in [-0.1, -0.05) is 50.2 Å². The Morgan fingerprint density at radius 2 is 1.70 bits per heavy atom. The number of aliphatic imine (C=N–C) groups is 1. The molecule has 7 nitrogen and oxygen atoms in total. The van der Waals surface area contributed by atoms with Gasteiger partial charge in [0.15, 0.2) is 23.2 Å². The Morgan fingerprint density at radius 3 is 2.33 bits per heavy atom. The summed E-state index contributed by atoms with van der Waals surface area (Å²) in [6, 6.07) is 14.8. The van der Waals surface area contributed by atoms with Crippen LogP contribution >= 0.6 is 0 Å². The summed E-state index contributed by atoms with van der Waals surface area (Å²) >= 11 is 0. The van der Waals surface area contributed by atoms with E-state index in [1.807, 2.05) is 62.4 Å². The molecule has 0 aromatic heterocycles. The highest BCUT2D eigenvalue weighted by Crippen LogP contribution is 2.28. The van der Waals surface area contributed by atoms with Gasteiger partial charge >= 0.3 is 0 Å². The molecule has 0 heterocycles. The predicted octanol–water partition coefficient (Wildman–Crippen LogP) is 3.68. The Hall–Kier alpha value is -3.35. The predicted molar refractivity (Wildman–Crippen MR) is 131 cm³/mol. The highest BCUT2D eigenvalue weighted by atomic mass is 16.5. The minimum Gasteiger partial charge on any atom is -0.493 e. The van der Waals surface area contributed by atoms with E-state index in [9.17, 15) is 9.59 Å². The number of benzene rings is 2. The molecule has 2 rings (SSSR count). The molecular weight excluding hydrogens is 418 g/mol. The Morgan fingerprint density at radius 1 is 1.00 bits per heavy atom. The van der Waals surface area contributed by atoms with E-state index in [0.29, 0.717) is 43.6 Å². The zero-order chi connectivity index (χ0) is 24.2. The van der Waals surface area contributed by atoms with Crippen molar-refractivity contribution in [2.75, 3.05) is 14.2 Å². The Labute approximate surface area is 196 Å². The van der Waals surface area contributed by atoms with E-state index in [1.165, 1.54) is 0 Å². The van der Waals surface area contributed by atoms with Gasteiger partial charge in [-0.3, -0.25) is 14.9 Å². The average molecular weight is 454 g/mol. The average Bonchev–Trinajstić information content (AvgIpc) is 2.78. The van der Waals surface area contributed by atoms with Crippen LogP contribution in [-0.4, -0.2) is 37.9 Å². The summed E-state index contributed by atoms with van der Waals surface area (Å²) in [6.45, 7) is 3.90.